The molecule has 0 unspecified atom stereocenters. The van der Waals surface area contributed by atoms with Gasteiger partial charge in [0, 0.05) is 6.07 Å². The van der Waals surface area contributed by atoms with Gasteiger partial charge in [0.15, 0.2) is 0 Å². The second-order valence-electron chi connectivity index (χ2n) is 4.49. The zero-order valence-electron chi connectivity index (χ0n) is 12.1. The highest BCUT2D eigenvalue weighted by molar-refractivity contribution is 6.07. The number of carbonyl (C=O) groups is 1. The fourth-order valence-corrected chi connectivity index (χ4v) is 1.93. The van der Waals surface area contributed by atoms with E-state index in [-0.39, 0.29) is 11.3 Å². The van der Waals surface area contributed by atoms with E-state index in [1.54, 1.807) is 50.4 Å². The zero-order chi connectivity index (χ0) is 15.4. The van der Waals surface area contributed by atoms with Crippen molar-refractivity contribution in [2.24, 2.45) is 0 Å². The molecular formula is C16H17NO4. The normalized spacial score (nSPS) is 10.0. The molecule has 2 N–H and O–H groups in total. The molecule has 1 amide bonds. The van der Waals surface area contributed by atoms with Crippen LogP contribution in [0.15, 0.2) is 36.4 Å². The van der Waals surface area contributed by atoms with E-state index in [0.717, 1.165) is 0 Å². The van der Waals surface area contributed by atoms with Gasteiger partial charge in [-0.15, -0.1) is 0 Å². The van der Waals surface area contributed by atoms with Crippen LogP contribution in [-0.4, -0.2) is 25.2 Å². The summed E-state index contributed by atoms with van der Waals surface area (Å²) in [5.41, 5.74) is 1.36. The number of nitrogens with one attached hydrogen (secondary N) is 1. The van der Waals surface area contributed by atoms with Crippen molar-refractivity contribution in [3.8, 4) is 17.2 Å². The third kappa shape index (κ3) is 3.08. The molecule has 0 bridgehead atoms. The monoisotopic (exact) mass is 287 g/mol. The summed E-state index contributed by atoms with van der Waals surface area (Å²) in [6.07, 6.45) is 0. The van der Waals surface area contributed by atoms with Crippen molar-refractivity contribution < 1.29 is 19.4 Å². The Labute approximate surface area is 123 Å². The Hall–Kier alpha value is -2.69. The van der Waals surface area contributed by atoms with Gasteiger partial charge in [-0.2, -0.15) is 0 Å². The number of aromatic hydroxyl groups is 1. The van der Waals surface area contributed by atoms with Gasteiger partial charge in [-0.3, -0.25) is 4.79 Å². The average molecular weight is 287 g/mol. The molecule has 0 aliphatic rings. The molecule has 110 valence electrons. The van der Waals surface area contributed by atoms with E-state index < -0.39 is 5.91 Å². The van der Waals surface area contributed by atoms with Gasteiger partial charge in [0.2, 0.25) is 0 Å². The van der Waals surface area contributed by atoms with Gasteiger partial charge in [0.05, 0.1) is 25.5 Å². The zero-order valence-corrected chi connectivity index (χ0v) is 12.1. The molecule has 0 atom stereocenters. The van der Waals surface area contributed by atoms with Crippen molar-refractivity contribution in [3.63, 3.8) is 0 Å². The summed E-state index contributed by atoms with van der Waals surface area (Å²) < 4.78 is 10.3. The van der Waals surface area contributed by atoms with Crippen LogP contribution >= 0.6 is 0 Å². The predicted molar refractivity (Wildman–Crippen MR) is 80.3 cm³/mol. The van der Waals surface area contributed by atoms with Crippen LogP contribution in [0.2, 0.25) is 0 Å². The lowest BCUT2D eigenvalue weighted by atomic mass is 10.1. The van der Waals surface area contributed by atoms with Crippen LogP contribution in [-0.2, 0) is 0 Å². The number of anilines is 1. The second kappa shape index (κ2) is 6.17. The van der Waals surface area contributed by atoms with Crippen molar-refractivity contribution in [1.82, 2.24) is 0 Å². The Balaban J connectivity index is 2.29. The summed E-state index contributed by atoms with van der Waals surface area (Å²) >= 11 is 0. The first kappa shape index (κ1) is 14.7. The number of rotatable bonds is 4. The lowest BCUT2D eigenvalue weighted by Crippen LogP contribution is -2.13. The lowest BCUT2D eigenvalue weighted by Gasteiger charge is -2.12. The van der Waals surface area contributed by atoms with Crippen LogP contribution < -0.4 is 14.8 Å². The molecule has 0 fully saturated rings. The molecule has 0 aromatic heterocycles. The molecule has 0 radical (unpaired) electrons. The number of methoxy groups -OCH3 is 2. The highest BCUT2D eigenvalue weighted by atomic mass is 16.5. The molecule has 0 saturated heterocycles. The molecular weight excluding hydrogens is 270 g/mol. The van der Waals surface area contributed by atoms with E-state index >= 15 is 0 Å². The minimum absolute atomic E-state index is 0.0255. The van der Waals surface area contributed by atoms with Crippen molar-refractivity contribution in [2.45, 2.75) is 6.92 Å². The van der Waals surface area contributed by atoms with Crippen LogP contribution in [0.1, 0.15) is 15.9 Å². The molecule has 0 heterocycles. The summed E-state index contributed by atoms with van der Waals surface area (Å²) in [5.74, 6) is 0.681. The van der Waals surface area contributed by atoms with Crippen LogP contribution in [0.4, 0.5) is 5.69 Å². The van der Waals surface area contributed by atoms with E-state index in [2.05, 4.69) is 5.32 Å². The smallest absolute Gasteiger partial charge is 0.259 e. The number of phenols is 1. The molecule has 2 aromatic rings. The minimum Gasteiger partial charge on any atom is -0.507 e. The van der Waals surface area contributed by atoms with Crippen LogP contribution in [0.5, 0.6) is 17.2 Å². The number of ether oxygens (including phenoxy) is 2. The minimum atomic E-state index is -0.403. The number of phenolic OH excluding ortho intramolecular Hbond substituents is 1. The Bertz CT molecular complexity index is 667. The first-order valence-electron chi connectivity index (χ1n) is 6.38. The standard InChI is InChI=1S/C16H17NO4/c1-10-5-4-6-12(15(10)18)16(19)17-13-8-7-11(20-2)9-14(13)21-3/h4-9,18H,1-3H3,(H,17,19). The molecule has 0 spiro atoms. The van der Waals surface area contributed by atoms with Gasteiger partial charge in [-0.1, -0.05) is 12.1 Å². The number of para-hydroxylation sites is 1. The van der Waals surface area contributed by atoms with E-state index in [4.69, 9.17) is 9.47 Å². The maximum Gasteiger partial charge on any atom is 0.259 e. The van der Waals surface area contributed by atoms with E-state index in [9.17, 15) is 9.90 Å². The third-order valence-electron chi connectivity index (χ3n) is 3.14. The van der Waals surface area contributed by atoms with Crippen LogP contribution in [0.25, 0.3) is 0 Å². The van der Waals surface area contributed by atoms with Gasteiger partial charge < -0.3 is 19.9 Å². The third-order valence-corrected chi connectivity index (χ3v) is 3.14. The molecule has 5 heteroatoms. The Kier molecular flexibility index (Phi) is 4.33. The van der Waals surface area contributed by atoms with E-state index in [0.29, 0.717) is 22.7 Å². The maximum absolute atomic E-state index is 12.3. The van der Waals surface area contributed by atoms with Crippen molar-refractivity contribution >= 4 is 11.6 Å². The quantitative estimate of drug-likeness (QED) is 0.907. The maximum atomic E-state index is 12.3. The van der Waals surface area contributed by atoms with Crippen molar-refractivity contribution in [1.29, 1.82) is 0 Å². The van der Waals surface area contributed by atoms with Crippen molar-refractivity contribution in [2.75, 3.05) is 19.5 Å². The van der Waals surface area contributed by atoms with E-state index in [1.807, 2.05) is 0 Å². The number of hydrogen-bond donors (Lipinski definition) is 2. The van der Waals surface area contributed by atoms with E-state index in [1.165, 1.54) is 7.11 Å². The van der Waals surface area contributed by atoms with Crippen molar-refractivity contribution in [3.05, 3.63) is 47.5 Å². The number of carbonyl (C=O) groups excluding carboxylic acids is 1. The Morgan fingerprint density at radius 2 is 1.90 bits per heavy atom. The topological polar surface area (TPSA) is 67.8 Å². The Morgan fingerprint density at radius 3 is 2.57 bits per heavy atom. The summed E-state index contributed by atoms with van der Waals surface area (Å²) in [4.78, 5) is 12.3. The van der Waals surface area contributed by atoms with Gasteiger partial charge in [0.1, 0.15) is 17.2 Å². The number of benzene rings is 2. The fraction of sp³-hybridized carbons (Fsp3) is 0.188. The molecule has 0 saturated carbocycles. The van der Waals surface area contributed by atoms with Gasteiger partial charge in [-0.25, -0.2) is 0 Å². The van der Waals surface area contributed by atoms with Crippen LogP contribution in [0.3, 0.4) is 0 Å². The van der Waals surface area contributed by atoms with Gasteiger partial charge in [0.25, 0.3) is 5.91 Å². The molecule has 21 heavy (non-hydrogen) atoms. The Morgan fingerprint density at radius 1 is 1.14 bits per heavy atom. The lowest BCUT2D eigenvalue weighted by molar-refractivity contribution is 0.102. The van der Waals surface area contributed by atoms with Gasteiger partial charge in [-0.05, 0) is 30.7 Å². The number of aryl methyl sites for hydroxylation is 1. The summed E-state index contributed by atoms with van der Waals surface area (Å²) in [7, 11) is 3.06. The molecule has 0 aliphatic carbocycles. The van der Waals surface area contributed by atoms with Crippen LogP contribution in [0, 0.1) is 6.92 Å². The molecule has 2 rings (SSSR count). The fourth-order valence-electron chi connectivity index (χ4n) is 1.93. The first-order chi connectivity index (χ1) is 10.1. The highest BCUT2D eigenvalue weighted by Crippen LogP contribution is 2.30. The largest absolute Gasteiger partial charge is 0.507 e. The number of hydrogen-bond acceptors (Lipinski definition) is 4. The highest BCUT2D eigenvalue weighted by Gasteiger charge is 2.15. The molecule has 0 aliphatic heterocycles. The average Bonchev–Trinajstić information content (AvgIpc) is 2.50. The number of amides is 1. The molecule has 5 nitrogen and oxygen atoms in total. The summed E-state index contributed by atoms with van der Waals surface area (Å²) in [6, 6.07) is 10.1. The predicted octanol–water partition coefficient (Wildman–Crippen LogP) is 2.97. The first-order valence-corrected chi connectivity index (χ1v) is 6.38. The SMILES string of the molecule is COc1ccc(NC(=O)c2cccc(C)c2O)c(OC)c1. The summed E-state index contributed by atoms with van der Waals surface area (Å²) in [6.45, 7) is 1.74. The summed E-state index contributed by atoms with van der Waals surface area (Å²) in [5, 5.41) is 12.7. The van der Waals surface area contributed by atoms with Gasteiger partial charge >= 0.3 is 0 Å². The molecule has 2 aromatic carbocycles. The second-order valence-corrected chi connectivity index (χ2v) is 4.49.